The van der Waals surface area contributed by atoms with E-state index in [1.54, 1.807) is 23.7 Å². The fourth-order valence-electron chi connectivity index (χ4n) is 2.29. The minimum Gasteiger partial charge on any atom is -0.319 e. The van der Waals surface area contributed by atoms with E-state index in [1.807, 2.05) is 0 Å². The molecule has 2 heterocycles. The molecule has 84 valence electrons. The molecule has 0 aromatic carbocycles. The quantitative estimate of drug-likeness (QED) is 0.821. The Hall–Kier alpha value is -1.07. The lowest BCUT2D eigenvalue weighted by atomic mass is 9.83. The summed E-state index contributed by atoms with van der Waals surface area (Å²) in [5.41, 5.74) is 6.94. The van der Waals surface area contributed by atoms with Gasteiger partial charge in [0.25, 0.3) is 0 Å². The molecule has 0 saturated heterocycles. The molecule has 16 heavy (non-hydrogen) atoms. The highest BCUT2D eigenvalue weighted by molar-refractivity contribution is 7.18. The van der Waals surface area contributed by atoms with Gasteiger partial charge in [-0.3, -0.25) is 0 Å². The number of nitrogens with zero attached hydrogens (tertiary/aromatic N) is 3. The predicted molar refractivity (Wildman–Crippen MR) is 64.2 cm³/mol. The summed E-state index contributed by atoms with van der Waals surface area (Å²) in [4.78, 5) is 13.9. The van der Waals surface area contributed by atoms with E-state index in [9.17, 15) is 0 Å². The minimum absolute atomic E-state index is 0.231. The molecule has 2 aromatic heterocycles. The van der Waals surface area contributed by atoms with Crippen LogP contribution in [0.25, 0.3) is 10.5 Å². The van der Waals surface area contributed by atoms with Crippen LogP contribution in [-0.4, -0.2) is 15.0 Å². The van der Waals surface area contributed by atoms with Crippen LogP contribution < -0.4 is 5.73 Å². The van der Waals surface area contributed by atoms with Crippen LogP contribution in [0.2, 0.25) is 0 Å². The van der Waals surface area contributed by atoms with Crippen LogP contribution in [0.15, 0.2) is 12.4 Å². The lowest BCUT2D eigenvalue weighted by molar-refractivity contribution is 0.301. The van der Waals surface area contributed by atoms with Crippen molar-refractivity contribution >= 4 is 21.8 Å². The summed E-state index contributed by atoms with van der Waals surface area (Å²) in [6.45, 7) is 0. The number of aromatic nitrogens is 3. The summed E-state index contributed by atoms with van der Waals surface area (Å²) in [6.07, 6.45) is 9.14. The maximum absolute atomic E-state index is 6.44. The first-order valence-corrected chi connectivity index (χ1v) is 6.46. The molecule has 0 amide bonds. The van der Waals surface area contributed by atoms with Gasteiger partial charge >= 0.3 is 0 Å². The molecular weight excluding hydrogens is 220 g/mol. The predicted octanol–water partition coefficient (Wildman–Crippen LogP) is 2.20. The maximum atomic E-state index is 6.44. The molecule has 2 N–H and O–H groups in total. The maximum Gasteiger partial charge on any atom is 0.189 e. The summed E-state index contributed by atoms with van der Waals surface area (Å²) in [6, 6.07) is 0. The molecule has 5 heteroatoms. The smallest absolute Gasteiger partial charge is 0.189 e. The van der Waals surface area contributed by atoms with E-state index in [0.717, 1.165) is 28.3 Å². The molecule has 0 spiro atoms. The van der Waals surface area contributed by atoms with Crippen molar-refractivity contribution in [3.05, 3.63) is 17.4 Å². The monoisotopic (exact) mass is 234 g/mol. The van der Waals surface area contributed by atoms with Gasteiger partial charge in [0.1, 0.15) is 5.01 Å². The first kappa shape index (κ1) is 10.1. The number of nitrogens with two attached hydrogens (primary N) is 1. The summed E-state index contributed by atoms with van der Waals surface area (Å²) in [7, 11) is 0. The number of hydrogen-bond acceptors (Lipinski definition) is 5. The van der Waals surface area contributed by atoms with Crippen molar-refractivity contribution in [1.82, 2.24) is 15.0 Å². The number of fused-ring (bicyclic) bond motifs is 1. The van der Waals surface area contributed by atoms with E-state index in [4.69, 9.17) is 5.73 Å². The first-order valence-electron chi connectivity index (χ1n) is 5.65. The average molecular weight is 234 g/mol. The van der Waals surface area contributed by atoms with Crippen molar-refractivity contribution in [2.24, 2.45) is 5.73 Å². The highest BCUT2D eigenvalue weighted by Crippen LogP contribution is 2.37. The van der Waals surface area contributed by atoms with Crippen molar-refractivity contribution in [2.45, 2.75) is 37.6 Å². The van der Waals surface area contributed by atoms with Crippen LogP contribution in [-0.2, 0) is 5.54 Å². The Morgan fingerprint density at radius 2 is 1.88 bits per heavy atom. The molecular formula is C11H14N4S. The Morgan fingerprint density at radius 3 is 2.62 bits per heavy atom. The van der Waals surface area contributed by atoms with Crippen molar-refractivity contribution in [2.75, 3.05) is 0 Å². The molecule has 1 aliphatic rings. The highest BCUT2D eigenvalue weighted by Gasteiger charge is 2.32. The van der Waals surface area contributed by atoms with Crippen LogP contribution in [0.4, 0.5) is 0 Å². The van der Waals surface area contributed by atoms with Gasteiger partial charge in [-0.15, -0.1) is 0 Å². The zero-order valence-electron chi connectivity index (χ0n) is 9.02. The normalized spacial score (nSPS) is 20.1. The van der Waals surface area contributed by atoms with Crippen LogP contribution >= 0.6 is 11.3 Å². The lowest BCUT2D eigenvalue weighted by Crippen LogP contribution is -2.38. The number of hydrogen-bond donors (Lipinski definition) is 1. The van der Waals surface area contributed by atoms with Crippen molar-refractivity contribution < 1.29 is 0 Å². The van der Waals surface area contributed by atoms with Gasteiger partial charge < -0.3 is 5.73 Å². The van der Waals surface area contributed by atoms with Crippen LogP contribution in [0.3, 0.4) is 0 Å². The van der Waals surface area contributed by atoms with Gasteiger partial charge in [0.15, 0.2) is 10.5 Å². The largest absolute Gasteiger partial charge is 0.319 e. The zero-order chi connectivity index (χ0) is 11.0. The highest BCUT2D eigenvalue weighted by atomic mass is 32.1. The zero-order valence-corrected chi connectivity index (χ0v) is 9.83. The van der Waals surface area contributed by atoms with E-state index < -0.39 is 0 Å². The molecule has 0 atom stereocenters. The van der Waals surface area contributed by atoms with E-state index in [2.05, 4.69) is 15.0 Å². The van der Waals surface area contributed by atoms with Crippen molar-refractivity contribution in [3.63, 3.8) is 0 Å². The Balaban J connectivity index is 2.04. The van der Waals surface area contributed by atoms with Crippen LogP contribution in [0.5, 0.6) is 0 Å². The van der Waals surface area contributed by atoms with E-state index >= 15 is 0 Å². The molecule has 1 aliphatic carbocycles. The number of rotatable bonds is 1. The molecule has 0 radical (unpaired) electrons. The second-order valence-electron chi connectivity index (χ2n) is 4.42. The molecule has 4 nitrogen and oxygen atoms in total. The van der Waals surface area contributed by atoms with Gasteiger partial charge in [0, 0.05) is 12.4 Å². The second-order valence-corrected chi connectivity index (χ2v) is 5.40. The molecule has 1 saturated carbocycles. The summed E-state index contributed by atoms with van der Waals surface area (Å²) in [5, 5.41) is 1.01. The van der Waals surface area contributed by atoms with Gasteiger partial charge in [0.05, 0.1) is 5.54 Å². The number of thiazole rings is 1. The third kappa shape index (κ3) is 1.60. The van der Waals surface area contributed by atoms with Crippen molar-refractivity contribution in [3.8, 4) is 0 Å². The minimum atomic E-state index is -0.231. The van der Waals surface area contributed by atoms with Gasteiger partial charge in [0.2, 0.25) is 0 Å². The van der Waals surface area contributed by atoms with Gasteiger partial charge in [-0.1, -0.05) is 30.6 Å². The van der Waals surface area contributed by atoms with Gasteiger partial charge in [-0.2, -0.15) is 0 Å². The Labute approximate surface area is 97.9 Å². The summed E-state index contributed by atoms with van der Waals surface area (Å²) < 4.78 is 0. The second kappa shape index (κ2) is 3.75. The average Bonchev–Trinajstić information content (AvgIpc) is 2.74. The third-order valence-corrected chi connectivity index (χ3v) is 4.39. The fourth-order valence-corrected chi connectivity index (χ4v) is 3.31. The lowest BCUT2D eigenvalue weighted by Gasteiger charge is -2.30. The molecule has 3 rings (SSSR count). The van der Waals surface area contributed by atoms with Crippen molar-refractivity contribution in [1.29, 1.82) is 0 Å². The summed E-state index contributed by atoms with van der Waals surface area (Å²) >= 11 is 1.59. The third-order valence-electron chi connectivity index (χ3n) is 3.22. The van der Waals surface area contributed by atoms with Crippen LogP contribution in [0.1, 0.15) is 37.1 Å². The van der Waals surface area contributed by atoms with Gasteiger partial charge in [-0.05, 0) is 12.8 Å². The Morgan fingerprint density at radius 1 is 1.12 bits per heavy atom. The van der Waals surface area contributed by atoms with E-state index in [0.29, 0.717) is 0 Å². The molecule has 1 fully saturated rings. The topological polar surface area (TPSA) is 64.7 Å². The molecule has 2 aromatic rings. The molecule has 0 aliphatic heterocycles. The van der Waals surface area contributed by atoms with Crippen LogP contribution in [0, 0.1) is 0 Å². The molecule has 0 bridgehead atoms. The summed E-state index contributed by atoms with van der Waals surface area (Å²) in [5.74, 6) is 0. The fraction of sp³-hybridized carbons (Fsp3) is 0.545. The van der Waals surface area contributed by atoms with E-state index in [-0.39, 0.29) is 5.54 Å². The van der Waals surface area contributed by atoms with E-state index in [1.165, 1.54) is 19.3 Å². The van der Waals surface area contributed by atoms with Gasteiger partial charge in [-0.25, -0.2) is 15.0 Å². The Kier molecular flexibility index (Phi) is 2.37. The SMILES string of the molecule is NC1(c2nc3nccnc3s2)CCCCC1. The Bertz CT molecular complexity index is 468. The molecule has 0 unspecified atom stereocenters. The standard InChI is InChI=1S/C11H14N4S/c12-11(4-2-1-3-5-11)10-15-8-9(16-10)14-7-6-13-8/h6-7H,1-5,12H2. The first-order chi connectivity index (χ1) is 7.78.